The molecule has 2 heterocycles. The van der Waals surface area contributed by atoms with Crippen molar-refractivity contribution in [3.63, 3.8) is 0 Å². The summed E-state index contributed by atoms with van der Waals surface area (Å²) in [6, 6.07) is 20.8. The van der Waals surface area contributed by atoms with Gasteiger partial charge in [-0.15, -0.1) is 4.99 Å². The quantitative estimate of drug-likeness (QED) is 0.438. The van der Waals surface area contributed by atoms with E-state index in [1.807, 2.05) is 30.3 Å². The van der Waals surface area contributed by atoms with E-state index in [2.05, 4.69) is 10.3 Å². The number of nitrogens with zero attached hydrogens (tertiary/aromatic N) is 3. The van der Waals surface area contributed by atoms with Gasteiger partial charge < -0.3 is 19.7 Å². The molecule has 2 aliphatic heterocycles. The van der Waals surface area contributed by atoms with Crippen molar-refractivity contribution in [2.24, 2.45) is 4.99 Å². The topological polar surface area (TPSA) is 83.5 Å². The van der Waals surface area contributed by atoms with Crippen molar-refractivity contribution in [3.05, 3.63) is 108 Å². The van der Waals surface area contributed by atoms with Crippen molar-refractivity contribution >= 4 is 23.6 Å². The number of aliphatic imine (C=N–C) groups is 1. The number of ether oxygens (including phenoxy) is 2. The van der Waals surface area contributed by atoms with Gasteiger partial charge in [0, 0.05) is 25.3 Å². The van der Waals surface area contributed by atoms with Gasteiger partial charge in [-0.05, 0) is 41.5 Å². The Morgan fingerprint density at radius 2 is 1.69 bits per heavy atom. The number of benzene rings is 3. The second kappa shape index (κ2) is 10.9. The number of urea groups is 1. The summed E-state index contributed by atoms with van der Waals surface area (Å²) in [5.74, 6) is 0.0193. The number of nitrogens with one attached hydrogen (secondary N) is 1. The number of fused-ring (bicyclic) bond motifs is 1. The van der Waals surface area contributed by atoms with Gasteiger partial charge in [-0.25, -0.2) is 4.79 Å². The normalized spacial score (nSPS) is 15.1. The molecule has 3 amide bonds. The summed E-state index contributed by atoms with van der Waals surface area (Å²) in [5, 5.41) is 2.71. The minimum absolute atomic E-state index is 0.0337. The molecule has 39 heavy (non-hydrogen) atoms. The third-order valence-corrected chi connectivity index (χ3v) is 6.06. The molecule has 0 fully saturated rings. The van der Waals surface area contributed by atoms with Crippen LogP contribution < -0.4 is 10.1 Å². The SMILES string of the molecule is O=C(Nc1ccc(OCc2ccccc2)cc1)C1=CN2CCN(Cc3ccccc3C(F)(F)F)C(=O)N=C2O1. The summed E-state index contributed by atoms with van der Waals surface area (Å²) < 4.78 is 51.3. The number of amides is 3. The van der Waals surface area contributed by atoms with Crippen molar-refractivity contribution < 1.29 is 32.2 Å². The molecule has 0 unspecified atom stereocenters. The van der Waals surface area contributed by atoms with E-state index in [0.717, 1.165) is 11.6 Å². The van der Waals surface area contributed by atoms with Crippen LogP contribution in [-0.2, 0) is 28.9 Å². The second-order valence-electron chi connectivity index (χ2n) is 8.79. The first-order valence-electron chi connectivity index (χ1n) is 12.0. The van der Waals surface area contributed by atoms with Crippen LogP contribution in [0.15, 0.2) is 95.8 Å². The van der Waals surface area contributed by atoms with E-state index < -0.39 is 23.7 Å². The van der Waals surface area contributed by atoms with Gasteiger partial charge in [0.05, 0.1) is 11.8 Å². The highest BCUT2D eigenvalue weighted by molar-refractivity contribution is 6.06. The van der Waals surface area contributed by atoms with Crippen LogP contribution in [0.2, 0.25) is 0 Å². The fraction of sp³-hybridized carbons (Fsp3) is 0.179. The van der Waals surface area contributed by atoms with Crippen LogP contribution in [0.25, 0.3) is 0 Å². The fourth-order valence-corrected chi connectivity index (χ4v) is 4.06. The largest absolute Gasteiger partial charge is 0.489 e. The molecule has 0 aromatic heterocycles. The number of amidine groups is 1. The molecule has 5 rings (SSSR count). The summed E-state index contributed by atoms with van der Waals surface area (Å²) in [4.78, 5) is 32.0. The van der Waals surface area contributed by atoms with E-state index in [1.165, 1.54) is 34.2 Å². The van der Waals surface area contributed by atoms with E-state index in [-0.39, 0.29) is 37.0 Å². The minimum atomic E-state index is -4.54. The van der Waals surface area contributed by atoms with E-state index in [9.17, 15) is 22.8 Å². The molecule has 0 saturated carbocycles. The molecule has 200 valence electrons. The third-order valence-electron chi connectivity index (χ3n) is 6.06. The van der Waals surface area contributed by atoms with Crippen LogP contribution in [0, 0.1) is 0 Å². The van der Waals surface area contributed by atoms with E-state index in [1.54, 1.807) is 24.3 Å². The summed E-state index contributed by atoms with van der Waals surface area (Å²) in [5.41, 5.74) is 0.698. The van der Waals surface area contributed by atoms with Crippen molar-refractivity contribution in [1.82, 2.24) is 9.80 Å². The lowest BCUT2D eigenvalue weighted by Gasteiger charge is -2.21. The first-order valence-corrected chi connectivity index (χ1v) is 12.0. The Balaban J connectivity index is 1.18. The Morgan fingerprint density at radius 3 is 2.44 bits per heavy atom. The first kappa shape index (κ1) is 25.8. The van der Waals surface area contributed by atoms with Gasteiger partial charge in [0.2, 0.25) is 5.76 Å². The molecule has 0 saturated heterocycles. The molecule has 0 bridgehead atoms. The number of carbonyl (C=O) groups excluding carboxylic acids is 2. The maximum absolute atomic E-state index is 13.4. The predicted molar refractivity (Wildman–Crippen MR) is 136 cm³/mol. The Bertz CT molecular complexity index is 1420. The predicted octanol–water partition coefficient (Wildman–Crippen LogP) is 5.39. The van der Waals surface area contributed by atoms with Crippen LogP contribution in [0.4, 0.5) is 23.7 Å². The number of rotatable bonds is 7. The standard InChI is InChI=1S/C28H23F3N4O4/c29-28(30,31)23-9-5-4-8-20(23)16-34-14-15-35-17-24(39-27(35)33-26(34)37)25(36)32-21-10-12-22(13-11-21)38-18-19-6-2-1-3-7-19/h1-13,17H,14-16,18H2,(H,32,36). The van der Waals surface area contributed by atoms with Gasteiger partial charge in [0.1, 0.15) is 12.4 Å². The summed E-state index contributed by atoms with van der Waals surface area (Å²) in [6.45, 7) is 0.414. The Kier molecular flexibility index (Phi) is 7.22. The molecule has 3 aromatic carbocycles. The lowest BCUT2D eigenvalue weighted by atomic mass is 10.1. The molecule has 3 aromatic rings. The number of hydrogen-bond donors (Lipinski definition) is 1. The molecular formula is C28H23F3N4O4. The maximum Gasteiger partial charge on any atom is 0.416 e. The molecule has 2 aliphatic rings. The molecule has 1 N–H and O–H groups in total. The number of alkyl halides is 3. The molecule has 8 nitrogen and oxygen atoms in total. The summed E-state index contributed by atoms with van der Waals surface area (Å²) in [7, 11) is 0. The van der Waals surface area contributed by atoms with Crippen LogP contribution in [0.5, 0.6) is 5.75 Å². The average Bonchev–Trinajstić information content (AvgIpc) is 3.27. The van der Waals surface area contributed by atoms with Gasteiger partial charge in [-0.3, -0.25) is 9.69 Å². The van der Waals surface area contributed by atoms with Crippen LogP contribution in [-0.4, -0.2) is 40.8 Å². The van der Waals surface area contributed by atoms with E-state index in [0.29, 0.717) is 18.0 Å². The van der Waals surface area contributed by atoms with Crippen LogP contribution >= 0.6 is 0 Å². The zero-order chi connectivity index (χ0) is 27.4. The number of halogens is 3. The Hall–Kier alpha value is -4.80. The fourth-order valence-electron chi connectivity index (χ4n) is 4.06. The lowest BCUT2D eigenvalue weighted by molar-refractivity contribution is -0.138. The van der Waals surface area contributed by atoms with Crippen molar-refractivity contribution in [2.45, 2.75) is 19.3 Å². The molecule has 0 spiro atoms. The number of carbonyl (C=O) groups is 2. The highest BCUT2D eigenvalue weighted by Crippen LogP contribution is 2.32. The molecule has 0 atom stereocenters. The zero-order valence-corrected chi connectivity index (χ0v) is 20.5. The molecule has 0 aliphatic carbocycles. The first-order chi connectivity index (χ1) is 18.8. The van der Waals surface area contributed by atoms with E-state index in [4.69, 9.17) is 9.47 Å². The molecule has 0 radical (unpaired) electrons. The van der Waals surface area contributed by atoms with Gasteiger partial charge in [-0.2, -0.15) is 13.2 Å². The lowest BCUT2D eigenvalue weighted by Crippen LogP contribution is -2.32. The monoisotopic (exact) mass is 536 g/mol. The minimum Gasteiger partial charge on any atom is -0.489 e. The van der Waals surface area contributed by atoms with Crippen LogP contribution in [0.3, 0.4) is 0 Å². The zero-order valence-electron chi connectivity index (χ0n) is 20.5. The van der Waals surface area contributed by atoms with Gasteiger partial charge >= 0.3 is 18.2 Å². The molecule has 11 heteroatoms. The second-order valence-corrected chi connectivity index (χ2v) is 8.79. The van der Waals surface area contributed by atoms with Crippen molar-refractivity contribution in [2.75, 3.05) is 18.4 Å². The Morgan fingerprint density at radius 1 is 0.974 bits per heavy atom. The summed E-state index contributed by atoms with van der Waals surface area (Å²) in [6.07, 6.45) is -3.13. The Labute approximate surface area is 222 Å². The summed E-state index contributed by atoms with van der Waals surface area (Å²) >= 11 is 0. The number of anilines is 1. The average molecular weight is 537 g/mol. The third kappa shape index (κ3) is 6.20. The van der Waals surface area contributed by atoms with Crippen molar-refractivity contribution in [3.8, 4) is 5.75 Å². The van der Waals surface area contributed by atoms with E-state index >= 15 is 0 Å². The van der Waals surface area contributed by atoms with Gasteiger partial charge in [0.25, 0.3) is 5.91 Å². The number of hydrogen-bond acceptors (Lipinski definition) is 5. The van der Waals surface area contributed by atoms with Gasteiger partial charge in [-0.1, -0.05) is 48.5 Å². The highest BCUT2D eigenvalue weighted by atomic mass is 19.4. The maximum atomic E-state index is 13.4. The van der Waals surface area contributed by atoms with Crippen molar-refractivity contribution in [1.29, 1.82) is 0 Å². The van der Waals surface area contributed by atoms with Crippen LogP contribution in [0.1, 0.15) is 16.7 Å². The van der Waals surface area contributed by atoms with Gasteiger partial charge in [0.15, 0.2) is 0 Å². The highest BCUT2D eigenvalue weighted by Gasteiger charge is 2.35. The smallest absolute Gasteiger partial charge is 0.416 e. The molecular weight excluding hydrogens is 513 g/mol.